The van der Waals surface area contributed by atoms with Crippen LogP contribution in [0.1, 0.15) is 22.2 Å². The minimum atomic E-state index is -0.334. The second-order valence-electron chi connectivity index (χ2n) is 6.85. The smallest absolute Gasteiger partial charge is 0.0760 e. The maximum atomic E-state index is 6.72. The van der Waals surface area contributed by atoms with E-state index in [4.69, 9.17) is 10.7 Å². The molecular weight excluding hydrogens is 352 g/mol. The Morgan fingerprint density at radius 3 is 2.52 bits per heavy atom. The van der Waals surface area contributed by atoms with Gasteiger partial charge in [-0.3, -0.25) is 9.97 Å². The topological polar surface area (TPSA) is 55.0 Å². The van der Waals surface area contributed by atoms with E-state index in [-0.39, 0.29) is 6.04 Å². The number of thiophene rings is 1. The van der Waals surface area contributed by atoms with E-state index >= 15 is 0 Å². The lowest BCUT2D eigenvalue weighted by Crippen LogP contribution is -2.15. The molecule has 4 nitrogen and oxygen atoms in total. The average Bonchev–Trinajstić information content (AvgIpc) is 3.09. The highest BCUT2D eigenvalue weighted by molar-refractivity contribution is 7.19. The van der Waals surface area contributed by atoms with Crippen LogP contribution in [0.4, 0.5) is 0 Å². The van der Waals surface area contributed by atoms with Crippen molar-refractivity contribution in [2.24, 2.45) is 5.73 Å². The lowest BCUT2D eigenvalue weighted by molar-refractivity contribution is 0.406. The zero-order chi connectivity index (χ0) is 18.8. The molecule has 0 aliphatic rings. The first-order valence-electron chi connectivity index (χ1n) is 8.91. The van der Waals surface area contributed by atoms with Crippen molar-refractivity contribution in [3.05, 3.63) is 83.1 Å². The van der Waals surface area contributed by atoms with Gasteiger partial charge in [-0.2, -0.15) is 0 Å². The second-order valence-corrected chi connectivity index (χ2v) is 8.02. The Bertz CT molecular complexity index is 1040. The van der Waals surface area contributed by atoms with Gasteiger partial charge in [0.15, 0.2) is 0 Å². The van der Waals surface area contributed by atoms with Gasteiger partial charge in [0.25, 0.3) is 0 Å². The van der Waals surface area contributed by atoms with E-state index in [1.807, 2.05) is 42.6 Å². The zero-order valence-corrected chi connectivity index (χ0v) is 16.3. The predicted molar refractivity (Wildman–Crippen MR) is 113 cm³/mol. The van der Waals surface area contributed by atoms with Gasteiger partial charge in [-0.05, 0) is 32.3 Å². The Kier molecular flexibility index (Phi) is 4.99. The SMILES string of the molecule is CN(C)Cc1cc2c(C(N)c3ccccn3)c(-c3ccccc3)ncc2s1. The van der Waals surface area contributed by atoms with Crippen LogP contribution in [0.5, 0.6) is 0 Å². The van der Waals surface area contributed by atoms with Gasteiger partial charge in [0, 0.05) is 40.3 Å². The van der Waals surface area contributed by atoms with Crippen LogP contribution in [0.2, 0.25) is 0 Å². The highest BCUT2D eigenvalue weighted by Crippen LogP contribution is 2.37. The summed E-state index contributed by atoms with van der Waals surface area (Å²) in [6.07, 6.45) is 3.76. The molecule has 3 heterocycles. The van der Waals surface area contributed by atoms with Gasteiger partial charge in [0.05, 0.1) is 22.1 Å². The van der Waals surface area contributed by atoms with Crippen LogP contribution in [0.3, 0.4) is 0 Å². The van der Waals surface area contributed by atoms with Crippen molar-refractivity contribution in [2.75, 3.05) is 14.1 Å². The maximum Gasteiger partial charge on any atom is 0.0760 e. The molecular formula is C22H22N4S. The molecule has 0 radical (unpaired) electrons. The van der Waals surface area contributed by atoms with Crippen molar-refractivity contribution in [3.8, 4) is 11.3 Å². The average molecular weight is 375 g/mol. The van der Waals surface area contributed by atoms with Gasteiger partial charge in [-0.15, -0.1) is 11.3 Å². The lowest BCUT2D eigenvalue weighted by atomic mass is 9.95. The summed E-state index contributed by atoms with van der Waals surface area (Å²) in [5.74, 6) is 0. The molecule has 0 aliphatic carbocycles. The highest BCUT2D eigenvalue weighted by atomic mass is 32.1. The molecule has 0 spiro atoms. The van der Waals surface area contributed by atoms with Crippen molar-refractivity contribution < 1.29 is 0 Å². The summed E-state index contributed by atoms with van der Waals surface area (Å²) >= 11 is 1.78. The fraction of sp³-hybridized carbons (Fsp3) is 0.182. The monoisotopic (exact) mass is 374 g/mol. The summed E-state index contributed by atoms with van der Waals surface area (Å²) in [6, 6.07) is 18.0. The minimum Gasteiger partial charge on any atom is -0.319 e. The third kappa shape index (κ3) is 3.62. The standard InChI is InChI=1S/C22H22N4S/c1-26(2)14-16-12-17-19(27-16)13-25-22(15-8-4-3-5-9-15)20(17)21(23)18-10-6-7-11-24-18/h3-13,21H,14,23H2,1-2H3. The van der Waals surface area contributed by atoms with Crippen LogP contribution in [0.15, 0.2) is 67.0 Å². The maximum absolute atomic E-state index is 6.72. The van der Waals surface area contributed by atoms with Crippen molar-refractivity contribution in [1.29, 1.82) is 0 Å². The van der Waals surface area contributed by atoms with Crippen LogP contribution in [0.25, 0.3) is 21.3 Å². The van der Waals surface area contributed by atoms with Gasteiger partial charge in [-0.25, -0.2) is 0 Å². The quantitative estimate of drug-likeness (QED) is 0.560. The third-order valence-electron chi connectivity index (χ3n) is 4.50. The molecule has 0 saturated carbocycles. The molecule has 1 aromatic carbocycles. The number of rotatable bonds is 5. The second kappa shape index (κ2) is 7.56. The van der Waals surface area contributed by atoms with E-state index in [1.54, 1.807) is 17.5 Å². The molecule has 0 fully saturated rings. The fourth-order valence-electron chi connectivity index (χ4n) is 3.32. The first-order chi connectivity index (χ1) is 13.1. The van der Waals surface area contributed by atoms with Crippen molar-refractivity contribution in [2.45, 2.75) is 12.6 Å². The molecule has 0 aliphatic heterocycles. The first-order valence-corrected chi connectivity index (χ1v) is 9.73. The molecule has 5 heteroatoms. The van der Waals surface area contributed by atoms with Crippen LogP contribution in [0, 0.1) is 0 Å². The Labute approximate surface area is 163 Å². The van der Waals surface area contributed by atoms with Crippen molar-refractivity contribution in [1.82, 2.24) is 14.9 Å². The van der Waals surface area contributed by atoms with E-state index in [0.717, 1.165) is 33.8 Å². The lowest BCUT2D eigenvalue weighted by Gasteiger charge is -2.17. The van der Waals surface area contributed by atoms with Crippen LogP contribution in [-0.4, -0.2) is 29.0 Å². The van der Waals surface area contributed by atoms with Crippen molar-refractivity contribution in [3.63, 3.8) is 0 Å². The third-order valence-corrected chi connectivity index (χ3v) is 5.56. The number of fused-ring (bicyclic) bond motifs is 1. The number of nitrogens with two attached hydrogens (primary N) is 1. The Balaban J connectivity index is 1.94. The first kappa shape index (κ1) is 17.8. The number of aromatic nitrogens is 2. The predicted octanol–water partition coefficient (Wildman–Crippen LogP) is 4.47. The summed E-state index contributed by atoms with van der Waals surface area (Å²) in [6.45, 7) is 0.901. The molecule has 2 N–H and O–H groups in total. The molecule has 136 valence electrons. The molecule has 1 unspecified atom stereocenters. The fourth-order valence-corrected chi connectivity index (χ4v) is 4.49. The Hall–Kier alpha value is -2.60. The minimum absolute atomic E-state index is 0.334. The number of benzene rings is 1. The summed E-state index contributed by atoms with van der Waals surface area (Å²) in [5, 5.41) is 1.17. The van der Waals surface area contributed by atoms with Crippen LogP contribution >= 0.6 is 11.3 Å². The van der Waals surface area contributed by atoms with Crippen molar-refractivity contribution >= 4 is 21.4 Å². The molecule has 4 aromatic rings. The van der Waals surface area contributed by atoms with Gasteiger partial charge < -0.3 is 10.6 Å². The summed E-state index contributed by atoms with van der Waals surface area (Å²) in [4.78, 5) is 12.8. The number of pyridine rings is 2. The van der Waals surface area contributed by atoms with Crippen LogP contribution < -0.4 is 5.73 Å². The van der Waals surface area contributed by atoms with E-state index in [9.17, 15) is 0 Å². The highest BCUT2D eigenvalue weighted by Gasteiger charge is 2.21. The number of hydrogen-bond donors (Lipinski definition) is 1. The molecule has 0 amide bonds. The van der Waals surface area contributed by atoms with Gasteiger partial charge >= 0.3 is 0 Å². The normalized spacial score (nSPS) is 12.6. The zero-order valence-electron chi connectivity index (χ0n) is 15.5. The Morgan fingerprint density at radius 1 is 1.04 bits per heavy atom. The van der Waals surface area contributed by atoms with Crippen LogP contribution in [-0.2, 0) is 6.54 Å². The molecule has 4 rings (SSSR count). The number of nitrogens with zero attached hydrogens (tertiary/aromatic N) is 3. The molecule has 1 atom stereocenters. The molecule has 0 saturated heterocycles. The largest absolute Gasteiger partial charge is 0.319 e. The van der Waals surface area contributed by atoms with E-state index in [2.05, 4.69) is 42.2 Å². The summed E-state index contributed by atoms with van der Waals surface area (Å²) < 4.78 is 1.16. The summed E-state index contributed by atoms with van der Waals surface area (Å²) in [7, 11) is 4.16. The molecule has 3 aromatic heterocycles. The van der Waals surface area contributed by atoms with Gasteiger partial charge in [0.2, 0.25) is 0 Å². The van der Waals surface area contributed by atoms with E-state index in [1.165, 1.54) is 10.3 Å². The molecule has 0 bridgehead atoms. The van der Waals surface area contributed by atoms with E-state index < -0.39 is 0 Å². The number of hydrogen-bond acceptors (Lipinski definition) is 5. The summed E-state index contributed by atoms with van der Waals surface area (Å²) in [5.41, 5.74) is 10.6. The van der Waals surface area contributed by atoms with Gasteiger partial charge in [0.1, 0.15) is 0 Å². The van der Waals surface area contributed by atoms with E-state index in [0.29, 0.717) is 0 Å². The van der Waals surface area contributed by atoms with Gasteiger partial charge in [-0.1, -0.05) is 36.4 Å². The Morgan fingerprint density at radius 2 is 1.81 bits per heavy atom. The molecule has 27 heavy (non-hydrogen) atoms.